The molecule has 0 radical (unpaired) electrons. The van der Waals surface area contributed by atoms with Crippen LogP contribution in [-0.4, -0.2) is 22.0 Å². The average Bonchev–Trinajstić information content (AvgIpc) is 2.72. The van der Waals surface area contributed by atoms with Gasteiger partial charge in [-0.25, -0.2) is 9.07 Å². The van der Waals surface area contributed by atoms with Crippen molar-refractivity contribution in [3.8, 4) is 0 Å². The predicted octanol–water partition coefficient (Wildman–Crippen LogP) is 1.49. The van der Waals surface area contributed by atoms with Crippen molar-refractivity contribution in [2.45, 2.75) is 20.0 Å². The van der Waals surface area contributed by atoms with Crippen molar-refractivity contribution in [3.05, 3.63) is 47.0 Å². The fourth-order valence-corrected chi connectivity index (χ4v) is 1.66. The minimum Gasteiger partial charge on any atom is -0.314 e. The summed E-state index contributed by atoms with van der Waals surface area (Å²) in [5, 5.41) is 11.0. The van der Waals surface area contributed by atoms with Crippen LogP contribution >= 0.6 is 0 Å². The van der Waals surface area contributed by atoms with Crippen molar-refractivity contribution in [3.63, 3.8) is 0 Å². The smallest absolute Gasteiger partial charge is 0.123 e. The third-order valence-corrected chi connectivity index (χ3v) is 2.59. The van der Waals surface area contributed by atoms with E-state index in [9.17, 15) is 4.39 Å². The Morgan fingerprint density at radius 3 is 3.00 bits per heavy atom. The molecule has 2 aromatic rings. The monoisotopic (exact) mass is 234 g/mol. The number of benzene rings is 1. The normalized spacial score (nSPS) is 10.8. The summed E-state index contributed by atoms with van der Waals surface area (Å²) in [6, 6.07) is 4.78. The summed E-state index contributed by atoms with van der Waals surface area (Å²) in [7, 11) is 1.86. The molecule has 1 aromatic heterocycles. The van der Waals surface area contributed by atoms with Crippen molar-refractivity contribution in [1.29, 1.82) is 0 Å². The number of nitrogens with one attached hydrogen (secondary N) is 1. The molecule has 4 nitrogen and oxygen atoms in total. The van der Waals surface area contributed by atoms with Gasteiger partial charge in [0.25, 0.3) is 0 Å². The minimum atomic E-state index is -0.221. The maximum absolute atomic E-state index is 13.1. The summed E-state index contributed by atoms with van der Waals surface area (Å²) in [6.45, 7) is 3.18. The standard InChI is InChI=1S/C12H15FN4/c1-9-3-4-11(13)5-10(9)7-17-8-12(6-14-2)15-16-17/h3-5,8,14H,6-7H2,1-2H3. The van der Waals surface area contributed by atoms with Crippen LogP contribution < -0.4 is 5.32 Å². The molecular weight excluding hydrogens is 219 g/mol. The van der Waals surface area contributed by atoms with Crippen LogP contribution in [0, 0.1) is 12.7 Å². The molecule has 0 saturated heterocycles. The van der Waals surface area contributed by atoms with Gasteiger partial charge in [0.05, 0.1) is 18.4 Å². The van der Waals surface area contributed by atoms with Crippen LogP contribution in [-0.2, 0) is 13.1 Å². The van der Waals surface area contributed by atoms with Crippen LogP contribution in [0.15, 0.2) is 24.4 Å². The minimum absolute atomic E-state index is 0.221. The lowest BCUT2D eigenvalue weighted by molar-refractivity contribution is 0.612. The van der Waals surface area contributed by atoms with Crippen LogP contribution in [0.2, 0.25) is 0 Å². The molecule has 0 saturated carbocycles. The molecule has 0 amide bonds. The van der Waals surface area contributed by atoms with E-state index in [-0.39, 0.29) is 5.82 Å². The zero-order chi connectivity index (χ0) is 12.3. The number of aryl methyl sites for hydroxylation is 1. The van der Waals surface area contributed by atoms with Gasteiger partial charge in [-0.3, -0.25) is 0 Å². The Morgan fingerprint density at radius 2 is 2.24 bits per heavy atom. The number of rotatable bonds is 4. The zero-order valence-corrected chi connectivity index (χ0v) is 9.94. The van der Waals surface area contributed by atoms with E-state index in [1.807, 2.05) is 20.2 Å². The maximum Gasteiger partial charge on any atom is 0.123 e. The molecule has 0 atom stereocenters. The van der Waals surface area contributed by atoms with Crippen LogP contribution in [0.3, 0.4) is 0 Å². The van der Waals surface area contributed by atoms with Crippen LogP contribution in [0.1, 0.15) is 16.8 Å². The summed E-state index contributed by atoms with van der Waals surface area (Å²) in [4.78, 5) is 0. The second-order valence-corrected chi connectivity index (χ2v) is 4.01. The number of hydrogen-bond donors (Lipinski definition) is 1. The second-order valence-electron chi connectivity index (χ2n) is 4.01. The Kier molecular flexibility index (Phi) is 3.49. The molecule has 5 heteroatoms. The van der Waals surface area contributed by atoms with E-state index in [0.29, 0.717) is 13.1 Å². The van der Waals surface area contributed by atoms with Crippen molar-refractivity contribution in [2.75, 3.05) is 7.05 Å². The summed E-state index contributed by atoms with van der Waals surface area (Å²) in [6.07, 6.45) is 1.86. The zero-order valence-electron chi connectivity index (χ0n) is 9.94. The van der Waals surface area contributed by atoms with Gasteiger partial charge in [0.2, 0.25) is 0 Å². The molecule has 0 aliphatic carbocycles. The highest BCUT2D eigenvalue weighted by molar-refractivity contribution is 5.26. The van der Waals surface area contributed by atoms with E-state index < -0.39 is 0 Å². The third-order valence-electron chi connectivity index (χ3n) is 2.59. The highest BCUT2D eigenvalue weighted by Crippen LogP contribution is 2.11. The first-order valence-corrected chi connectivity index (χ1v) is 5.47. The van der Waals surface area contributed by atoms with E-state index in [4.69, 9.17) is 0 Å². The van der Waals surface area contributed by atoms with Gasteiger partial charge < -0.3 is 5.32 Å². The topological polar surface area (TPSA) is 42.7 Å². The fraction of sp³-hybridized carbons (Fsp3) is 0.333. The Hall–Kier alpha value is -1.75. The first-order valence-electron chi connectivity index (χ1n) is 5.47. The Bertz CT molecular complexity index is 507. The summed E-state index contributed by atoms with van der Waals surface area (Å²) < 4.78 is 14.8. The van der Waals surface area contributed by atoms with Crippen molar-refractivity contribution < 1.29 is 4.39 Å². The van der Waals surface area contributed by atoms with Crippen LogP contribution in [0.25, 0.3) is 0 Å². The van der Waals surface area contributed by atoms with E-state index in [0.717, 1.165) is 16.8 Å². The average molecular weight is 234 g/mol. The number of hydrogen-bond acceptors (Lipinski definition) is 3. The highest BCUT2D eigenvalue weighted by atomic mass is 19.1. The number of aromatic nitrogens is 3. The number of nitrogens with zero attached hydrogens (tertiary/aromatic N) is 3. The molecule has 0 spiro atoms. The SMILES string of the molecule is CNCc1cn(Cc2cc(F)ccc2C)nn1. The molecule has 1 aromatic carbocycles. The largest absolute Gasteiger partial charge is 0.314 e. The van der Waals surface area contributed by atoms with Gasteiger partial charge >= 0.3 is 0 Å². The van der Waals surface area contributed by atoms with Crippen molar-refractivity contribution in [2.24, 2.45) is 0 Å². The maximum atomic E-state index is 13.1. The van der Waals surface area contributed by atoms with Gasteiger partial charge in [-0.2, -0.15) is 0 Å². The van der Waals surface area contributed by atoms with Gasteiger partial charge in [0, 0.05) is 6.54 Å². The summed E-state index contributed by atoms with van der Waals surface area (Å²) in [5.74, 6) is -0.221. The number of halogens is 1. The summed E-state index contributed by atoms with van der Waals surface area (Å²) >= 11 is 0. The van der Waals surface area contributed by atoms with E-state index in [1.54, 1.807) is 10.7 Å². The fourth-order valence-electron chi connectivity index (χ4n) is 1.66. The quantitative estimate of drug-likeness (QED) is 0.871. The first kappa shape index (κ1) is 11.7. The van der Waals surface area contributed by atoms with Crippen molar-refractivity contribution in [1.82, 2.24) is 20.3 Å². The lowest BCUT2D eigenvalue weighted by Gasteiger charge is -2.05. The van der Waals surface area contributed by atoms with Gasteiger partial charge in [-0.05, 0) is 37.2 Å². The molecule has 0 aliphatic rings. The van der Waals surface area contributed by atoms with Gasteiger partial charge in [-0.15, -0.1) is 5.10 Å². The Morgan fingerprint density at radius 1 is 1.41 bits per heavy atom. The molecule has 0 unspecified atom stereocenters. The summed E-state index contributed by atoms with van der Waals surface area (Å²) in [5.41, 5.74) is 2.85. The van der Waals surface area contributed by atoms with E-state index in [1.165, 1.54) is 12.1 Å². The Labute approximate surface area is 99.5 Å². The molecule has 90 valence electrons. The van der Waals surface area contributed by atoms with E-state index in [2.05, 4.69) is 15.6 Å². The second kappa shape index (κ2) is 5.05. The van der Waals surface area contributed by atoms with Gasteiger partial charge in [0.15, 0.2) is 0 Å². The Balaban J connectivity index is 2.16. The molecule has 0 bridgehead atoms. The van der Waals surface area contributed by atoms with E-state index >= 15 is 0 Å². The molecule has 1 N–H and O–H groups in total. The lowest BCUT2D eigenvalue weighted by atomic mass is 10.1. The first-order chi connectivity index (χ1) is 8.19. The molecule has 17 heavy (non-hydrogen) atoms. The predicted molar refractivity (Wildman–Crippen MR) is 63.0 cm³/mol. The molecular formula is C12H15FN4. The van der Waals surface area contributed by atoms with Gasteiger partial charge in [0.1, 0.15) is 5.82 Å². The van der Waals surface area contributed by atoms with Crippen LogP contribution in [0.5, 0.6) is 0 Å². The molecule has 0 aliphatic heterocycles. The van der Waals surface area contributed by atoms with Crippen molar-refractivity contribution >= 4 is 0 Å². The third kappa shape index (κ3) is 2.88. The highest BCUT2D eigenvalue weighted by Gasteiger charge is 2.04. The molecule has 0 fully saturated rings. The van der Waals surface area contributed by atoms with Gasteiger partial charge in [-0.1, -0.05) is 11.3 Å². The molecule has 1 heterocycles. The lowest BCUT2D eigenvalue weighted by Crippen LogP contribution is -2.05. The molecule has 2 rings (SSSR count). The van der Waals surface area contributed by atoms with Crippen LogP contribution in [0.4, 0.5) is 4.39 Å².